The van der Waals surface area contributed by atoms with Gasteiger partial charge in [-0.1, -0.05) is 12.2 Å². The lowest BCUT2D eigenvalue weighted by Crippen LogP contribution is -1.82. The topological polar surface area (TPSA) is 72.2 Å². The second-order valence-corrected chi connectivity index (χ2v) is 3.62. The maximum absolute atomic E-state index is 8.79. The van der Waals surface area contributed by atoms with Crippen LogP contribution >= 0.6 is 0 Å². The molecule has 0 aliphatic heterocycles. The summed E-state index contributed by atoms with van der Waals surface area (Å²) in [7, 11) is 1.60. The van der Waals surface area contributed by atoms with E-state index in [-0.39, 0.29) is 5.88 Å². The van der Waals surface area contributed by atoms with Gasteiger partial charge in [0.05, 0.1) is 7.11 Å². The lowest BCUT2D eigenvalue weighted by Gasteiger charge is -1.98. The SMILES string of the molecule is C\C=C/C(=C\C=C(/C)c1cc(C#N)c(N)o1)OC. The highest BCUT2D eigenvalue weighted by Crippen LogP contribution is 2.23. The third-order valence-electron chi connectivity index (χ3n) is 2.33. The Morgan fingerprint density at radius 1 is 1.50 bits per heavy atom. The van der Waals surface area contributed by atoms with E-state index in [2.05, 4.69) is 0 Å². The minimum atomic E-state index is 0.143. The Labute approximate surface area is 107 Å². The highest BCUT2D eigenvalue weighted by atomic mass is 16.5. The Balaban J connectivity index is 2.99. The molecule has 0 saturated carbocycles. The molecule has 0 bridgehead atoms. The second-order valence-electron chi connectivity index (χ2n) is 3.62. The van der Waals surface area contributed by atoms with E-state index in [9.17, 15) is 0 Å². The number of hydrogen-bond donors (Lipinski definition) is 1. The predicted octanol–water partition coefficient (Wildman–Crippen LogP) is 3.24. The average Bonchev–Trinajstić information content (AvgIpc) is 2.75. The van der Waals surface area contributed by atoms with Crippen LogP contribution in [0.15, 0.2) is 40.5 Å². The molecule has 0 atom stereocenters. The van der Waals surface area contributed by atoms with Crippen molar-refractivity contribution in [2.24, 2.45) is 0 Å². The number of nitrogens with zero attached hydrogens (tertiary/aromatic N) is 1. The van der Waals surface area contributed by atoms with Crippen molar-refractivity contribution in [2.45, 2.75) is 13.8 Å². The summed E-state index contributed by atoms with van der Waals surface area (Å²) in [6.45, 7) is 3.79. The van der Waals surface area contributed by atoms with Gasteiger partial charge < -0.3 is 14.9 Å². The zero-order valence-electron chi connectivity index (χ0n) is 10.7. The van der Waals surface area contributed by atoms with Gasteiger partial charge in [-0.3, -0.25) is 0 Å². The van der Waals surface area contributed by atoms with E-state index in [0.717, 1.165) is 11.3 Å². The maximum Gasteiger partial charge on any atom is 0.208 e. The summed E-state index contributed by atoms with van der Waals surface area (Å²) in [5, 5.41) is 8.79. The van der Waals surface area contributed by atoms with Gasteiger partial charge >= 0.3 is 0 Å². The van der Waals surface area contributed by atoms with Gasteiger partial charge in [-0.05, 0) is 31.6 Å². The fourth-order valence-corrected chi connectivity index (χ4v) is 1.33. The fourth-order valence-electron chi connectivity index (χ4n) is 1.33. The van der Waals surface area contributed by atoms with Crippen LogP contribution in [0.2, 0.25) is 0 Å². The molecule has 0 spiro atoms. The molecular formula is C14H16N2O2. The van der Waals surface area contributed by atoms with E-state index in [1.165, 1.54) is 0 Å². The van der Waals surface area contributed by atoms with Crippen LogP contribution in [0.5, 0.6) is 0 Å². The zero-order valence-corrected chi connectivity index (χ0v) is 10.7. The number of methoxy groups -OCH3 is 1. The third-order valence-corrected chi connectivity index (χ3v) is 2.33. The van der Waals surface area contributed by atoms with E-state index >= 15 is 0 Å². The highest BCUT2D eigenvalue weighted by Gasteiger charge is 2.08. The number of ether oxygens (including phenoxy) is 1. The Kier molecular flexibility index (Phi) is 4.82. The number of furan rings is 1. The second kappa shape index (κ2) is 6.36. The number of rotatable bonds is 4. The molecule has 0 unspecified atom stereocenters. The van der Waals surface area contributed by atoms with Gasteiger partial charge in [0.1, 0.15) is 23.2 Å². The van der Waals surface area contributed by atoms with Gasteiger partial charge in [-0.2, -0.15) is 5.26 Å². The first-order chi connectivity index (χ1) is 8.62. The van der Waals surface area contributed by atoms with Crippen molar-refractivity contribution < 1.29 is 9.15 Å². The first-order valence-electron chi connectivity index (χ1n) is 5.47. The van der Waals surface area contributed by atoms with Crippen molar-refractivity contribution in [3.63, 3.8) is 0 Å². The Bertz CT molecular complexity index is 543. The van der Waals surface area contributed by atoms with Crippen molar-refractivity contribution in [2.75, 3.05) is 12.8 Å². The van der Waals surface area contributed by atoms with Gasteiger partial charge in [0, 0.05) is 6.07 Å². The van der Waals surface area contributed by atoms with Crippen molar-refractivity contribution in [3.8, 4) is 6.07 Å². The zero-order chi connectivity index (χ0) is 13.5. The van der Waals surface area contributed by atoms with Gasteiger partial charge in [0.25, 0.3) is 0 Å². The fraction of sp³-hybridized carbons (Fsp3) is 0.214. The molecule has 0 saturated heterocycles. The molecule has 94 valence electrons. The van der Waals surface area contributed by atoms with E-state index < -0.39 is 0 Å². The molecule has 1 aromatic rings. The van der Waals surface area contributed by atoms with Crippen LogP contribution in [-0.4, -0.2) is 7.11 Å². The van der Waals surface area contributed by atoms with E-state index in [4.69, 9.17) is 20.1 Å². The summed E-state index contributed by atoms with van der Waals surface area (Å²) in [5.41, 5.74) is 6.76. The largest absolute Gasteiger partial charge is 0.497 e. The molecule has 0 aromatic carbocycles. The summed E-state index contributed by atoms with van der Waals surface area (Å²) in [5.74, 6) is 1.46. The van der Waals surface area contributed by atoms with Crippen LogP contribution in [0, 0.1) is 11.3 Å². The minimum Gasteiger partial charge on any atom is -0.497 e. The quantitative estimate of drug-likeness (QED) is 0.651. The van der Waals surface area contributed by atoms with Crippen molar-refractivity contribution in [1.29, 1.82) is 5.26 Å². The number of nitrogen functional groups attached to an aromatic ring is 1. The van der Waals surface area contributed by atoms with Crippen LogP contribution in [0.1, 0.15) is 25.2 Å². The molecule has 4 heteroatoms. The number of hydrogen-bond acceptors (Lipinski definition) is 4. The molecule has 1 rings (SSSR count). The highest BCUT2D eigenvalue weighted by molar-refractivity contribution is 5.65. The number of nitrogens with two attached hydrogens (primary N) is 1. The van der Waals surface area contributed by atoms with E-state index in [1.54, 1.807) is 13.2 Å². The normalized spacial score (nSPS) is 12.8. The summed E-state index contributed by atoms with van der Waals surface area (Å²) in [6.07, 6.45) is 7.40. The standard InChI is InChI=1S/C14H16N2O2/c1-4-5-12(17-3)7-6-10(2)13-8-11(9-15)14(16)18-13/h4-8H,16H2,1-3H3/b5-4-,10-6+,12-7+. The predicted molar refractivity (Wildman–Crippen MR) is 71.4 cm³/mol. The molecule has 1 aromatic heterocycles. The molecule has 0 radical (unpaired) electrons. The molecule has 4 nitrogen and oxygen atoms in total. The first kappa shape index (κ1) is 13.7. The molecular weight excluding hydrogens is 228 g/mol. The Morgan fingerprint density at radius 3 is 2.72 bits per heavy atom. The molecule has 0 amide bonds. The number of allylic oxidation sites excluding steroid dienone is 5. The number of nitriles is 1. The first-order valence-corrected chi connectivity index (χ1v) is 5.47. The van der Waals surface area contributed by atoms with Crippen molar-refractivity contribution in [1.82, 2.24) is 0 Å². The summed E-state index contributed by atoms with van der Waals surface area (Å²) in [6, 6.07) is 3.59. The molecule has 0 fully saturated rings. The summed E-state index contributed by atoms with van der Waals surface area (Å²) >= 11 is 0. The monoisotopic (exact) mass is 244 g/mol. The minimum absolute atomic E-state index is 0.143. The molecule has 18 heavy (non-hydrogen) atoms. The average molecular weight is 244 g/mol. The molecule has 0 aliphatic rings. The van der Waals surface area contributed by atoms with Crippen molar-refractivity contribution >= 4 is 11.5 Å². The third kappa shape index (κ3) is 3.29. The lowest BCUT2D eigenvalue weighted by molar-refractivity contribution is 0.307. The van der Waals surface area contributed by atoms with Crippen LogP contribution in [0.4, 0.5) is 5.88 Å². The van der Waals surface area contributed by atoms with Gasteiger partial charge in [-0.15, -0.1) is 0 Å². The van der Waals surface area contributed by atoms with Crippen LogP contribution in [0.3, 0.4) is 0 Å². The van der Waals surface area contributed by atoms with Gasteiger partial charge in [0.15, 0.2) is 0 Å². The van der Waals surface area contributed by atoms with Gasteiger partial charge in [0.2, 0.25) is 5.88 Å². The molecule has 0 aliphatic carbocycles. The van der Waals surface area contributed by atoms with Crippen LogP contribution < -0.4 is 5.73 Å². The van der Waals surface area contributed by atoms with Crippen molar-refractivity contribution in [3.05, 3.63) is 47.5 Å². The Hall–Kier alpha value is -2.41. The smallest absolute Gasteiger partial charge is 0.208 e. The van der Waals surface area contributed by atoms with Crippen LogP contribution in [-0.2, 0) is 4.74 Å². The van der Waals surface area contributed by atoms with Gasteiger partial charge in [-0.25, -0.2) is 0 Å². The van der Waals surface area contributed by atoms with E-state index in [1.807, 2.05) is 44.2 Å². The summed E-state index contributed by atoms with van der Waals surface area (Å²) < 4.78 is 10.4. The summed E-state index contributed by atoms with van der Waals surface area (Å²) in [4.78, 5) is 0. The molecule has 2 N–H and O–H groups in total. The number of anilines is 1. The van der Waals surface area contributed by atoms with E-state index in [0.29, 0.717) is 11.3 Å². The molecule has 1 heterocycles. The Morgan fingerprint density at radius 2 is 2.22 bits per heavy atom. The maximum atomic E-state index is 8.79. The van der Waals surface area contributed by atoms with Crippen LogP contribution in [0.25, 0.3) is 5.57 Å². The lowest BCUT2D eigenvalue weighted by atomic mass is 10.2.